The van der Waals surface area contributed by atoms with Crippen molar-refractivity contribution in [2.24, 2.45) is 11.3 Å². The molecule has 1 aliphatic heterocycles. The van der Waals surface area contributed by atoms with Crippen LogP contribution < -0.4 is 22.3 Å². The molecule has 2 aromatic carbocycles. The minimum absolute atomic E-state index is 0.179. The van der Waals surface area contributed by atoms with E-state index in [9.17, 15) is 4.79 Å². The predicted molar refractivity (Wildman–Crippen MR) is 177 cm³/mol. The summed E-state index contributed by atoms with van der Waals surface area (Å²) in [6.45, 7) is 13.3. The van der Waals surface area contributed by atoms with E-state index in [1.165, 1.54) is 6.33 Å². The van der Waals surface area contributed by atoms with Gasteiger partial charge in [0.2, 0.25) is 5.91 Å². The van der Waals surface area contributed by atoms with Crippen LogP contribution in [0, 0.1) is 10.8 Å². The number of hydrogen-bond donors (Lipinski definition) is 5. The second-order valence-corrected chi connectivity index (χ2v) is 11.9. The van der Waals surface area contributed by atoms with Gasteiger partial charge in [-0.25, -0.2) is 9.97 Å². The first kappa shape index (κ1) is 32.4. The van der Waals surface area contributed by atoms with Gasteiger partial charge in [-0.05, 0) is 48.9 Å². The Morgan fingerprint density at radius 3 is 2.30 bits per heavy atom. The lowest BCUT2D eigenvalue weighted by molar-refractivity contribution is -0.132. The highest BCUT2D eigenvalue weighted by atomic mass is 16.6. The van der Waals surface area contributed by atoms with Crippen molar-refractivity contribution < 1.29 is 9.63 Å². The zero-order chi connectivity index (χ0) is 31.7. The maximum Gasteiger partial charge on any atom is 0.222 e. The lowest BCUT2D eigenvalue weighted by Crippen LogP contribution is -2.48. The van der Waals surface area contributed by atoms with E-state index in [1.807, 2.05) is 80.3 Å². The SMILES string of the molecule is CCN1CCN(C(=O)CCc2ccc(C(=N)c3c(N)ncnc3Nc3ccc(NC/C=C(\ON)C(C)(C)C)cc3)cc2)CC1. The molecule has 7 N–H and O–H groups in total. The van der Waals surface area contributed by atoms with E-state index in [-0.39, 0.29) is 22.9 Å². The van der Waals surface area contributed by atoms with Gasteiger partial charge in [-0.1, -0.05) is 52.0 Å². The molecule has 0 aliphatic carbocycles. The average molecular weight is 600 g/mol. The molecule has 11 nitrogen and oxygen atoms in total. The summed E-state index contributed by atoms with van der Waals surface area (Å²) in [7, 11) is 0. The van der Waals surface area contributed by atoms with Crippen molar-refractivity contribution in [2.45, 2.75) is 40.5 Å². The molecular formula is C33H45N9O2. The highest BCUT2D eigenvalue weighted by Gasteiger charge is 2.21. The highest BCUT2D eigenvalue weighted by Crippen LogP contribution is 2.27. The van der Waals surface area contributed by atoms with Crippen LogP contribution in [0.4, 0.5) is 23.0 Å². The third kappa shape index (κ3) is 8.55. The molecular weight excluding hydrogens is 554 g/mol. The maximum absolute atomic E-state index is 12.7. The number of nitrogens with two attached hydrogens (primary N) is 2. The van der Waals surface area contributed by atoms with Crippen LogP contribution in [-0.2, 0) is 16.1 Å². The molecule has 3 aromatic rings. The maximum atomic E-state index is 12.7. The molecule has 234 valence electrons. The number of likely N-dealkylation sites (N-methyl/N-ethyl adjacent to an activating group) is 1. The van der Waals surface area contributed by atoms with Crippen molar-refractivity contribution >= 4 is 34.6 Å². The van der Waals surface area contributed by atoms with Crippen molar-refractivity contribution in [3.63, 3.8) is 0 Å². The Balaban J connectivity index is 1.37. The van der Waals surface area contributed by atoms with Gasteiger partial charge in [-0.15, -0.1) is 0 Å². The van der Waals surface area contributed by atoms with Gasteiger partial charge in [0.05, 0.1) is 11.3 Å². The first-order valence-electron chi connectivity index (χ1n) is 15.1. The summed E-state index contributed by atoms with van der Waals surface area (Å²) in [5.74, 6) is 6.98. The van der Waals surface area contributed by atoms with Crippen LogP contribution in [0.1, 0.15) is 50.8 Å². The van der Waals surface area contributed by atoms with Gasteiger partial charge in [0.25, 0.3) is 0 Å². The zero-order valence-electron chi connectivity index (χ0n) is 26.2. The van der Waals surface area contributed by atoms with Crippen LogP contribution in [0.2, 0.25) is 0 Å². The zero-order valence-corrected chi connectivity index (χ0v) is 26.2. The number of aryl methyl sites for hydroxylation is 1. The first-order chi connectivity index (χ1) is 21.1. The lowest BCUT2D eigenvalue weighted by Gasteiger charge is -2.34. The summed E-state index contributed by atoms with van der Waals surface area (Å²) >= 11 is 0. The molecule has 0 radical (unpaired) electrons. The van der Waals surface area contributed by atoms with E-state index in [0.29, 0.717) is 42.1 Å². The number of rotatable bonds is 12. The summed E-state index contributed by atoms with van der Waals surface area (Å²) in [6.07, 6.45) is 4.44. The molecule has 0 atom stereocenters. The van der Waals surface area contributed by atoms with Crippen LogP contribution in [0.3, 0.4) is 0 Å². The van der Waals surface area contributed by atoms with Gasteiger partial charge < -0.3 is 31.0 Å². The molecule has 0 bridgehead atoms. The Hall–Kier alpha value is -4.48. The molecule has 0 saturated carbocycles. The fourth-order valence-corrected chi connectivity index (χ4v) is 5.05. The summed E-state index contributed by atoms with van der Waals surface area (Å²) in [4.78, 5) is 30.6. The fourth-order valence-electron chi connectivity index (χ4n) is 5.05. The average Bonchev–Trinajstić information content (AvgIpc) is 3.02. The van der Waals surface area contributed by atoms with E-state index in [0.717, 1.165) is 49.7 Å². The molecule has 1 aliphatic rings. The number of amides is 1. The third-order valence-corrected chi connectivity index (χ3v) is 7.78. The number of carbonyl (C=O) groups excluding carboxylic acids is 1. The van der Waals surface area contributed by atoms with Gasteiger partial charge in [0.15, 0.2) is 0 Å². The fraction of sp³-hybridized carbons (Fsp3) is 0.394. The molecule has 1 fully saturated rings. The summed E-state index contributed by atoms with van der Waals surface area (Å²) in [5.41, 5.74) is 10.1. The van der Waals surface area contributed by atoms with Crippen LogP contribution in [0.25, 0.3) is 0 Å². The van der Waals surface area contributed by atoms with Crippen molar-refractivity contribution in [3.8, 4) is 0 Å². The number of anilines is 4. The Labute approximate surface area is 260 Å². The lowest BCUT2D eigenvalue weighted by atomic mass is 9.93. The number of piperazine rings is 1. The Kier molecular flexibility index (Phi) is 10.9. The normalized spacial score (nSPS) is 14.3. The Bertz CT molecular complexity index is 1440. The standard InChI is InChI=1S/C33H45N9O2/c1-5-41-18-20-42(21-19-41)28(43)15-8-23-6-9-24(10-7-23)30(34)29-31(35)38-22-39-32(29)40-26-13-11-25(12-14-26)37-17-16-27(44-36)33(2,3)4/h6-7,9-14,16,22,34,37H,5,8,15,17-21,36H2,1-4H3,(H3,35,38,39,40)/b27-16-,34-30?. The van der Waals surface area contributed by atoms with Gasteiger partial charge in [0.1, 0.15) is 23.7 Å². The number of nitrogens with zero attached hydrogens (tertiary/aromatic N) is 4. The van der Waals surface area contributed by atoms with Crippen LogP contribution in [-0.4, -0.2) is 70.7 Å². The second-order valence-electron chi connectivity index (χ2n) is 11.9. The minimum Gasteiger partial charge on any atom is -0.416 e. The Morgan fingerprint density at radius 2 is 1.68 bits per heavy atom. The molecule has 11 heteroatoms. The summed E-state index contributed by atoms with van der Waals surface area (Å²) in [6, 6.07) is 15.4. The first-order valence-corrected chi connectivity index (χ1v) is 15.1. The van der Waals surface area contributed by atoms with Crippen molar-refractivity contribution in [2.75, 3.05) is 55.6 Å². The van der Waals surface area contributed by atoms with Crippen molar-refractivity contribution in [1.29, 1.82) is 5.41 Å². The number of carbonyl (C=O) groups is 1. The predicted octanol–water partition coefficient (Wildman–Crippen LogP) is 4.55. The van der Waals surface area contributed by atoms with E-state index in [2.05, 4.69) is 32.4 Å². The number of hydrogen-bond acceptors (Lipinski definition) is 10. The number of allylic oxidation sites excluding steroid dienone is 1. The van der Waals surface area contributed by atoms with Gasteiger partial charge >= 0.3 is 0 Å². The molecule has 44 heavy (non-hydrogen) atoms. The Morgan fingerprint density at radius 1 is 1.02 bits per heavy atom. The van der Waals surface area contributed by atoms with Gasteiger partial charge in [-0.3, -0.25) is 10.2 Å². The minimum atomic E-state index is -0.179. The van der Waals surface area contributed by atoms with Gasteiger partial charge in [0, 0.05) is 61.5 Å². The number of aromatic nitrogens is 2. The van der Waals surface area contributed by atoms with Crippen LogP contribution in [0.15, 0.2) is 66.7 Å². The number of nitrogens with one attached hydrogen (secondary N) is 3. The van der Waals surface area contributed by atoms with E-state index >= 15 is 0 Å². The molecule has 2 heterocycles. The quantitative estimate of drug-likeness (QED) is 0.114. The molecule has 1 aromatic heterocycles. The molecule has 0 unspecified atom stereocenters. The molecule has 0 spiro atoms. The largest absolute Gasteiger partial charge is 0.416 e. The third-order valence-electron chi connectivity index (χ3n) is 7.78. The molecule has 1 amide bonds. The smallest absolute Gasteiger partial charge is 0.222 e. The molecule has 4 rings (SSSR count). The summed E-state index contributed by atoms with van der Waals surface area (Å²) < 4.78 is 0. The van der Waals surface area contributed by atoms with E-state index in [4.69, 9.17) is 21.9 Å². The van der Waals surface area contributed by atoms with E-state index in [1.54, 1.807) is 0 Å². The van der Waals surface area contributed by atoms with Crippen LogP contribution >= 0.6 is 0 Å². The van der Waals surface area contributed by atoms with E-state index < -0.39 is 0 Å². The van der Waals surface area contributed by atoms with Gasteiger partial charge in [-0.2, -0.15) is 5.90 Å². The molecule has 1 saturated heterocycles. The van der Waals surface area contributed by atoms with Crippen LogP contribution in [0.5, 0.6) is 0 Å². The highest BCUT2D eigenvalue weighted by molar-refractivity contribution is 6.16. The monoisotopic (exact) mass is 599 g/mol. The van der Waals surface area contributed by atoms with Crippen molar-refractivity contribution in [1.82, 2.24) is 19.8 Å². The number of benzene rings is 2. The topological polar surface area (TPSA) is 159 Å². The van der Waals surface area contributed by atoms with Crippen molar-refractivity contribution in [3.05, 3.63) is 83.4 Å². The second kappa shape index (κ2) is 14.8. The number of nitrogen functional groups attached to an aromatic ring is 1. The summed E-state index contributed by atoms with van der Waals surface area (Å²) in [5, 5.41) is 15.5.